The Balaban J connectivity index is 2.13. The Labute approximate surface area is 114 Å². The molecular formula is C17H20O2. The summed E-state index contributed by atoms with van der Waals surface area (Å²) in [5.74, 6) is -0.193. The van der Waals surface area contributed by atoms with E-state index in [0.29, 0.717) is 6.61 Å². The second-order valence-electron chi connectivity index (χ2n) is 5.62. The van der Waals surface area contributed by atoms with Crippen LogP contribution in [0.25, 0.3) is 5.57 Å². The Hall–Kier alpha value is -1.83. The molecule has 1 aromatic rings. The minimum Gasteiger partial charge on any atom is -0.458 e. The van der Waals surface area contributed by atoms with Crippen LogP contribution in [0.2, 0.25) is 0 Å². The minimum atomic E-state index is -0.193. The van der Waals surface area contributed by atoms with E-state index in [9.17, 15) is 4.79 Å². The highest BCUT2D eigenvalue weighted by atomic mass is 16.5. The predicted molar refractivity (Wildman–Crippen MR) is 77.5 cm³/mol. The zero-order valence-electron chi connectivity index (χ0n) is 12.0. The summed E-state index contributed by atoms with van der Waals surface area (Å²) in [5, 5.41) is 0. The number of hydrogen-bond donors (Lipinski definition) is 0. The normalized spacial score (nSPS) is 16.0. The maximum absolute atomic E-state index is 12.1. The van der Waals surface area contributed by atoms with E-state index in [1.54, 1.807) is 0 Å². The van der Waals surface area contributed by atoms with Crippen molar-refractivity contribution < 1.29 is 9.53 Å². The molecule has 0 bridgehead atoms. The van der Waals surface area contributed by atoms with Gasteiger partial charge in [0.25, 0.3) is 0 Å². The first kappa shape index (κ1) is 13.6. The molecule has 0 unspecified atom stereocenters. The number of esters is 1. The van der Waals surface area contributed by atoms with E-state index in [1.807, 2.05) is 50.3 Å². The van der Waals surface area contributed by atoms with Crippen LogP contribution in [0.5, 0.6) is 0 Å². The lowest BCUT2D eigenvalue weighted by atomic mass is 10.00. The van der Waals surface area contributed by atoms with Gasteiger partial charge >= 0.3 is 5.97 Å². The summed E-state index contributed by atoms with van der Waals surface area (Å²) in [5.41, 5.74) is 4.02. The highest BCUT2D eigenvalue weighted by Gasteiger charge is 2.50. The van der Waals surface area contributed by atoms with E-state index in [0.717, 1.165) is 22.3 Å². The third-order valence-corrected chi connectivity index (χ3v) is 3.41. The van der Waals surface area contributed by atoms with Crippen LogP contribution in [0.4, 0.5) is 0 Å². The van der Waals surface area contributed by atoms with Crippen LogP contribution >= 0.6 is 0 Å². The van der Waals surface area contributed by atoms with Crippen molar-refractivity contribution in [3.63, 3.8) is 0 Å². The van der Waals surface area contributed by atoms with Crippen molar-refractivity contribution in [1.82, 2.24) is 0 Å². The summed E-state index contributed by atoms with van der Waals surface area (Å²) in [6.45, 7) is 8.45. The summed E-state index contributed by atoms with van der Waals surface area (Å²) in [6.07, 6.45) is 1.91. The molecule has 1 aromatic carbocycles. The Morgan fingerprint density at radius 2 is 1.84 bits per heavy atom. The Bertz CT molecular complexity index is 544. The quantitative estimate of drug-likeness (QED) is 0.601. The first-order valence-electron chi connectivity index (χ1n) is 6.55. The second-order valence-corrected chi connectivity index (χ2v) is 5.62. The topological polar surface area (TPSA) is 26.3 Å². The first-order valence-corrected chi connectivity index (χ1v) is 6.55. The van der Waals surface area contributed by atoms with Crippen molar-refractivity contribution in [2.24, 2.45) is 5.41 Å². The lowest BCUT2D eigenvalue weighted by Gasteiger charge is -2.05. The van der Waals surface area contributed by atoms with Gasteiger partial charge in [0, 0.05) is 5.41 Å². The van der Waals surface area contributed by atoms with Crippen LogP contribution in [0.15, 0.2) is 47.6 Å². The van der Waals surface area contributed by atoms with Crippen molar-refractivity contribution in [2.45, 2.75) is 27.7 Å². The summed E-state index contributed by atoms with van der Waals surface area (Å²) in [6, 6.07) is 10.0. The number of carbonyl (C=O) groups is 1. The van der Waals surface area contributed by atoms with Crippen molar-refractivity contribution in [1.29, 1.82) is 0 Å². The summed E-state index contributed by atoms with van der Waals surface area (Å²) >= 11 is 0. The molecule has 0 aromatic heterocycles. The largest absolute Gasteiger partial charge is 0.458 e. The molecule has 0 radical (unpaired) electrons. The molecule has 2 rings (SSSR count). The van der Waals surface area contributed by atoms with Gasteiger partial charge in [-0.2, -0.15) is 0 Å². The van der Waals surface area contributed by atoms with Crippen LogP contribution in [0, 0.1) is 5.41 Å². The molecule has 0 amide bonds. The molecule has 1 aliphatic rings. The number of hydrogen-bond acceptors (Lipinski definition) is 2. The van der Waals surface area contributed by atoms with E-state index in [-0.39, 0.29) is 11.4 Å². The third kappa shape index (κ3) is 2.78. The van der Waals surface area contributed by atoms with Crippen LogP contribution in [-0.4, -0.2) is 12.6 Å². The predicted octanol–water partition coefficient (Wildman–Crippen LogP) is 3.99. The van der Waals surface area contributed by atoms with Crippen LogP contribution in [0.1, 0.15) is 33.3 Å². The highest BCUT2D eigenvalue weighted by molar-refractivity contribution is 6.12. The van der Waals surface area contributed by atoms with Gasteiger partial charge in [-0.25, -0.2) is 4.79 Å². The molecule has 100 valence electrons. The van der Waals surface area contributed by atoms with E-state index < -0.39 is 0 Å². The van der Waals surface area contributed by atoms with Crippen LogP contribution < -0.4 is 0 Å². The minimum absolute atomic E-state index is 0.163. The standard InChI is InChI=1S/C17H20O2/c1-12(2)10-11-19-16(18)15-14(17(15,3)4)13-8-6-5-7-9-13/h5-10H,11H2,1-4H3. The van der Waals surface area contributed by atoms with Crippen molar-refractivity contribution in [2.75, 3.05) is 6.61 Å². The van der Waals surface area contributed by atoms with Gasteiger partial charge in [-0.1, -0.05) is 49.8 Å². The average molecular weight is 256 g/mol. The van der Waals surface area contributed by atoms with Crippen LogP contribution in [-0.2, 0) is 9.53 Å². The van der Waals surface area contributed by atoms with E-state index in [1.165, 1.54) is 0 Å². The Kier molecular flexibility index (Phi) is 3.61. The second kappa shape index (κ2) is 5.04. The number of allylic oxidation sites excluding steroid dienone is 2. The zero-order valence-corrected chi connectivity index (χ0v) is 12.0. The van der Waals surface area contributed by atoms with Gasteiger partial charge in [0.15, 0.2) is 0 Å². The Morgan fingerprint density at radius 1 is 1.21 bits per heavy atom. The number of ether oxygens (including phenoxy) is 1. The molecule has 0 N–H and O–H groups in total. The third-order valence-electron chi connectivity index (χ3n) is 3.41. The number of rotatable bonds is 4. The number of benzene rings is 1. The zero-order chi connectivity index (χ0) is 14.0. The van der Waals surface area contributed by atoms with E-state index >= 15 is 0 Å². The fraction of sp³-hybridized carbons (Fsp3) is 0.353. The molecule has 0 saturated heterocycles. The lowest BCUT2D eigenvalue weighted by Crippen LogP contribution is -2.07. The van der Waals surface area contributed by atoms with Gasteiger partial charge in [-0.05, 0) is 31.1 Å². The van der Waals surface area contributed by atoms with Gasteiger partial charge in [-0.15, -0.1) is 0 Å². The SMILES string of the molecule is CC(C)=CCOC(=O)C1=C(c2ccccc2)C1(C)C. The fourth-order valence-corrected chi connectivity index (χ4v) is 2.29. The maximum atomic E-state index is 12.1. The molecule has 0 spiro atoms. The van der Waals surface area contributed by atoms with Crippen molar-refractivity contribution in [3.05, 3.63) is 53.1 Å². The number of carbonyl (C=O) groups excluding carboxylic acids is 1. The maximum Gasteiger partial charge on any atom is 0.335 e. The molecule has 0 fully saturated rings. The van der Waals surface area contributed by atoms with Gasteiger partial charge in [-0.3, -0.25) is 0 Å². The van der Waals surface area contributed by atoms with E-state index in [2.05, 4.69) is 13.8 Å². The molecule has 19 heavy (non-hydrogen) atoms. The van der Waals surface area contributed by atoms with Gasteiger partial charge in [0.2, 0.25) is 0 Å². The molecular weight excluding hydrogens is 236 g/mol. The average Bonchev–Trinajstić information content (AvgIpc) is 2.93. The van der Waals surface area contributed by atoms with Crippen molar-refractivity contribution >= 4 is 11.5 Å². The van der Waals surface area contributed by atoms with Crippen molar-refractivity contribution in [3.8, 4) is 0 Å². The van der Waals surface area contributed by atoms with E-state index in [4.69, 9.17) is 4.74 Å². The smallest absolute Gasteiger partial charge is 0.335 e. The molecule has 2 nitrogen and oxygen atoms in total. The highest BCUT2D eigenvalue weighted by Crippen LogP contribution is 2.58. The molecule has 0 heterocycles. The van der Waals surface area contributed by atoms with Gasteiger partial charge < -0.3 is 4.74 Å². The summed E-state index contributed by atoms with van der Waals surface area (Å²) in [4.78, 5) is 12.1. The lowest BCUT2D eigenvalue weighted by molar-refractivity contribution is -0.137. The van der Waals surface area contributed by atoms with Crippen LogP contribution in [0.3, 0.4) is 0 Å². The first-order chi connectivity index (χ1) is 8.94. The Morgan fingerprint density at radius 3 is 2.42 bits per heavy atom. The molecule has 1 aliphatic carbocycles. The summed E-state index contributed by atoms with van der Waals surface area (Å²) in [7, 11) is 0. The molecule has 2 heteroatoms. The van der Waals surface area contributed by atoms with Gasteiger partial charge in [0.05, 0.1) is 5.57 Å². The monoisotopic (exact) mass is 256 g/mol. The molecule has 0 atom stereocenters. The molecule has 0 aliphatic heterocycles. The van der Waals surface area contributed by atoms with Gasteiger partial charge in [0.1, 0.15) is 6.61 Å². The molecule has 0 saturated carbocycles. The fourth-order valence-electron chi connectivity index (χ4n) is 2.29. The summed E-state index contributed by atoms with van der Waals surface area (Å²) < 4.78 is 5.29.